The first-order chi connectivity index (χ1) is 13.4. The number of allylic oxidation sites excluding steroid dienone is 4. The highest BCUT2D eigenvalue weighted by atomic mass is 79.9. The molecule has 1 aromatic carbocycles. The van der Waals surface area contributed by atoms with Gasteiger partial charge in [-0.05, 0) is 74.6 Å². The van der Waals surface area contributed by atoms with Crippen LogP contribution in [-0.2, 0) is 21.2 Å². The third-order valence-electron chi connectivity index (χ3n) is 4.70. The number of rotatable bonds is 11. The number of benzene rings is 1. The maximum Gasteiger partial charge on any atom is 0.303 e. The number of hydrogen-bond acceptors (Lipinski definition) is 3. The Bertz CT molecular complexity index is 831. The summed E-state index contributed by atoms with van der Waals surface area (Å²) in [5.74, 6) is -0.714. The second kappa shape index (κ2) is 11.4. The van der Waals surface area contributed by atoms with E-state index in [1.54, 1.807) is 0 Å². The van der Waals surface area contributed by atoms with E-state index in [2.05, 4.69) is 20.7 Å². The van der Waals surface area contributed by atoms with E-state index < -0.39 is 16.0 Å². The molecule has 2 rings (SSSR count). The Morgan fingerprint density at radius 3 is 2.75 bits per heavy atom. The Labute approximate surface area is 176 Å². The van der Waals surface area contributed by atoms with Crippen LogP contribution in [0.5, 0.6) is 0 Å². The van der Waals surface area contributed by atoms with Crippen LogP contribution in [0.3, 0.4) is 0 Å². The summed E-state index contributed by atoms with van der Waals surface area (Å²) in [6.07, 6.45) is 10.5. The van der Waals surface area contributed by atoms with Crippen molar-refractivity contribution < 1.29 is 18.3 Å². The number of sulfonamides is 1. The number of carboxylic acid groups (broad SMARTS) is 1. The lowest BCUT2D eigenvalue weighted by atomic mass is 9.94. The van der Waals surface area contributed by atoms with Crippen LogP contribution in [0.4, 0.5) is 0 Å². The van der Waals surface area contributed by atoms with Crippen molar-refractivity contribution in [3.8, 4) is 0 Å². The van der Waals surface area contributed by atoms with Crippen LogP contribution in [0.15, 0.2) is 52.2 Å². The van der Waals surface area contributed by atoms with Gasteiger partial charge in [-0.3, -0.25) is 9.52 Å². The molecule has 0 amide bonds. The minimum absolute atomic E-state index is 0.0608. The van der Waals surface area contributed by atoms with Crippen LogP contribution in [0, 0.1) is 0 Å². The minimum atomic E-state index is -3.39. The summed E-state index contributed by atoms with van der Waals surface area (Å²) in [7, 11) is -3.39. The van der Waals surface area contributed by atoms with Crippen molar-refractivity contribution in [3.05, 3.63) is 57.7 Å². The molecule has 2 N–H and O–H groups in total. The predicted octanol–water partition coefficient (Wildman–Crippen LogP) is 4.94. The largest absolute Gasteiger partial charge is 0.481 e. The number of halogens is 1. The standard InChI is InChI=1S/C21H28BrNO4S/c22-19-11-7-8-17(16-19)14-15-28(26,27)23-20-12-6-5-10-18(20)9-3-1-2-4-13-21(24)25/h1,3,7-8,11,16,23H,2,4-6,9-10,12-15H2,(H,24,25). The lowest BCUT2D eigenvalue weighted by Gasteiger charge is -2.21. The van der Waals surface area contributed by atoms with E-state index in [9.17, 15) is 13.2 Å². The van der Waals surface area contributed by atoms with E-state index >= 15 is 0 Å². The van der Waals surface area contributed by atoms with Gasteiger partial charge in [0.25, 0.3) is 0 Å². The quantitative estimate of drug-likeness (QED) is 0.355. The van der Waals surface area contributed by atoms with Crippen molar-refractivity contribution in [2.24, 2.45) is 0 Å². The molecule has 1 aliphatic rings. The smallest absolute Gasteiger partial charge is 0.303 e. The highest BCUT2D eigenvalue weighted by Gasteiger charge is 2.18. The number of carboxylic acids is 1. The Kier molecular flexibility index (Phi) is 9.25. The fourth-order valence-electron chi connectivity index (χ4n) is 3.21. The van der Waals surface area contributed by atoms with E-state index in [-0.39, 0.29) is 12.2 Å². The summed E-state index contributed by atoms with van der Waals surface area (Å²) in [5, 5.41) is 8.65. The van der Waals surface area contributed by atoms with Gasteiger partial charge in [-0.2, -0.15) is 0 Å². The second-order valence-corrected chi connectivity index (χ2v) is 9.81. The molecule has 0 bridgehead atoms. The molecule has 0 aromatic heterocycles. The van der Waals surface area contributed by atoms with Gasteiger partial charge in [0, 0.05) is 16.6 Å². The molecule has 0 aliphatic heterocycles. The Morgan fingerprint density at radius 1 is 1.21 bits per heavy atom. The molecular formula is C21H28BrNO4S. The minimum Gasteiger partial charge on any atom is -0.481 e. The highest BCUT2D eigenvalue weighted by Crippen LogP contribution is 2.26. The molecule has 0 spiro atoms. The van der Waals surface area contributed by atoms with E-state index in [4.69, 9.17) is 5.11 Å². The van der Waals surface area contributed by atoms with E-state index in [0.29, 0.717) is 12.8 Å². The summed E-state index contributed by atoms with van der Waals surface area (Å²) in [4.78, 5) is 10.5. The number of carbonyl (C=O) groups is 1. The maximum atomic E-state index is 12.6. The molecule has 0 fully saturated rings. The zero-order valence-electron chi connectivity index (χ0n) is 16.0. The van der Waals surface area contributed by atoms with Gasteiger partial charge in [-0.1, -0.05) is 40.2 Å². The third kappa shape index (κ3) is 8.61. The van der Waals surface area contributed by atoms with Gasteiger partial charge in [0.1, 0.15) is 0 Å². The molecule has 1 aliphatic carbocycles. The summed E-state index contributed by atoms with van der Waals surface area (Å²) < 4.78 is 28.9. The SMILES string of the molecule is O=C(O)CCCC=CCC1=C(NS(=O)(=O)CCc2cccc(Br)c2)CCCC1. The summed E-state index contributed by atoms with van der Waals surface area (Å²) in [5.41, 5.74) is 2.98. The monoisotopic (exact) mass is 469 g/mol. The van der Waals surface area contributed by atoms with Gasteiger partial charge in [0.15, 0.2) is 0 Å². The van der Waals surface area contributed by atoms with Crippen LogP contribution in [0.2, 0.25) is 0 Å². The molecule has 1 aromatic rings. The highest BCUT2D eigenvalue weighted by molar-refractivity contribution is 9.10. The van der Waals surface area contributed by atoms with Crippen molar-refractivity contribution in [1.82, 2.24) is 4.72 Å². The maximum absolute atomic E-state index is 12.6. The van der Waals surface area contributed by atoms with E-state index in [1.165, 1.54) is 0 Å². The molecule has 5 nitrogen and oxygen atoms in total. The number of aryl methyl sites for hydroxylation is 1. The molecule has 0 unspecified atom stereocenters. The van der Waals surface area contributed by atoms with Crippen LogP contribution in [0.25, 0.3) is 0 Å². The molecule has 0 radical (unpaired) electrons. The number of nitrogens with one attached hydrogen (secondary N) is 1. The van der Waals surface area contributed by atoms with Crippen LogP contribution in [0.1, 0.15) is 56.9 Å². The third-order valence-corrected chi connectivity index (χ3v) is 6.49. The zero-order chi connectivity index (χ0) is 20.4. The van der Waals surface area contributed by atoms with Crippen LogP contribution < -0.4 is 4.72 Å². The first kappa shape index (κ1) is 22.7. The molecule has 28 heavy (non-hydrogen) atoms. The van der Waals surface area contributed by atoms with Crippen LogP contribution in [-0.4, -0.2) is 25.2 Å². The molecule has 154 valence electrons. The van der Waals surface area contributed by atoms with Gasteiger partial charge < -0.3 is 5.11 Å². The number of unbranched alkanes of at least 4 members (excludes halogenated alkanes) is 1. The lowest BCUT2D eigenvalue weighted by molar-refractivity contribution is -0.137. The Morgan fingerprint density at radius 2 is 2.00 bits per heavy atom. The summed E-state index contributed by atoms with van der Waals surface area (Å²) >= 11 is 3.41. The first-order valence-electron chi connectivity index (χ1n) is 9.68. The predicted molar refractivity (Wildman–Crippen MR) is 116 cm³/mol. The topological polar surface area (TPSA) is 83.5 Å². The van der Waals surface area contributed by atoms with Gasteiger partial charge in [-0.15, -0.1) is 0 Å². The average Bonchev–Trinajstić information content (AvgIpc) is 2.64. The van der Waals surface area contributed by atoms with Gasteiger partial charge in [-0.25, -0.2) is 8.42 Å². The number of hydrogen-bond donors (Lipinski definition) is 2. The number of aliphatic carboxylic acids is 1. The zero-order valence-corrected chi connectivity index (χ0v) is 18.4. The van der Waals surface area contributed by atoms with Crippen molar-refractivity contribution in [3.63, 3.8) is 0 Å². The molecule has 0 saturated carbocycles. The fourth-order valence-corrected chi connectivity index (χ4v) is 4.89. The van der Waals surface area contributed by atoms with E-state index in [1.807, 2.05) is 36.4 Å². The van der Waals surface area contributed by atoms with Gasteiger partial charge in [0.2, 0.25) is 10.0 Å². The lowest BCUT2D eigenvalue weighted by Crippen LogP contribution is -2.28. The summed E-state index contributed by atoms with van der Waals surface area (Å²) in [6.45, 7) is 0. The van der Waals surface area contributed by atoms with Crippen molar-refractivity contribution >= 4 is 31.9 Å². The Balaban J connectivity index is 1.91. The van der Waals surface area contributed by atoms with Crippen LogP contribution >= 0.6 is 15.9 Å². The fraction of sp³-hybridized carbons (Fsp3) is 0.476. The van der Waals surface area contributed by atoms with Crippen molar-refractivity contribution in [1.29, 1.82) is 0 Å². The molecule has 0 saturated heterocycles. The van der Waals surface area contributed by atoms with Gasteiger partial charge in [0.05, 0.1) is 5.75 Å². The molecule has 7 heteroatoms. The van der Waals surface area contributed by atoms with Gasteiger partial charge >= 0.3 is 5.97 Å². The Hall–Kier alpha value is -1.60. The molecule has 0 atom stereocenters. The summed E-state index contributed by atoms with van der Waals surface area (Å²) in [6, 6.07) is 7.70. The normalized spacial score (nSPS) is 15.2. The first-order valence-corrected chi connectivity index (χ1v) is 12.1. The second-order valence-electron chi connectivity index (χ2n) is 7.05. The molecular weight excluding hydrogens is 442 g/mol. The van der Waals surface area contributed by atoms with Crippen molar-refractivity contribution in [2.75, 3.05) is 5.75 Å². The van der Waals surface area contributed by atoms with Crippen molar-refractivity contribution in [2.45, 2.75) is 57.8 Å². The molecule has 0 heterocycles. The van der Waals surface area contributed by atoms with E-state index in [0.717, 1.165) is 59.8 Å². The average molecular weight is 470 g/mol.